The molecule has 0 saturated carbocycles. The summed E-state index contributed by atoms with van der Waals surface area (Å²) >= 11 is 0.910. The topological polar surface area (TPSA) is 130 Å². The SMILES string of the molecule is CC(C(=O)Nc1ccccc1SC(=O)N(C)C)N1C(=O)c2cccc([N+](=O)[O-])c2C1=O. The molecule has 0 radical (unpaired) electrons. The van der Waals surface area contributed by atoms with Gasteiger partial charge in [0.2, 0.25) is 5.91 Å². The molecular weight excluding hydrogens is 424 g/mol. The van der Waals surface area contributed by atoms with Crippen LogP contribution in [0.15, 0.2) is 47.4 Å². The smallest absolute Gasteiger partial charge is 0.286 e. The van der Waals surface area contributed by atoms with E-state index in [0.29, 0.717) is 15.5 Å². The van der Waals surface area contributed by atoms with E-state index >= 15 is 0 Å². The lowest BCUT2D eigenvalue weighted by Crippen LogP contribution is -2.45. The van der Waals surface area contributed by atoms with Gasteiger partial charge in [0.1, 0.15) is 11.6 Å². The van der Waals surface area contributed by atoms with E-state index in [1.807, 2.05) is 0 Å². The number of benzene rings is 2. The van der Waals surface area contributed by atoms with Crippen molar-refractivity contribution in [3.8, 4) is 0 Å². The molecule has 11 heteroatoms. The average molecular weight is 442 g/mol. The number of nitro benzene ring substituents is 1. The van der Waals surface area contributed by atoms with Gasteiger partial charge < -0.3 is 10.2 Å². The molecule has 10 nitrogen and oxygen atoms in total. The Balaban J connectivity index is 1.84. The second-order valence-electron chi connectivity index (χ2n) is 6.86. The van der Waals surface area contributed by atoms with Gasteiger partial charge in [0, 0.05) is 25.1 Å². The van der Waals surface area contributed by atoms with Gasteiger partial charge in [0.05, 0.1) is 16.2 Å². The van der Waals surface area contributed by atoms with E-state index in [9.17, 15) is 29.3 Å². The number of carbonyl (C=O) groups excluding carboxylic acids is 4. The van der Waals surface area contributed by atoms with Gasteiger partial charge >= 0.3 is 0 Å². The van der Waals surface area contributed by atoms with Crippen LogP contribution in [0.2, 0.25) is 0 Å². The number of hydrogen-bond acceptors (Lipinski definition) is 7. The van der Waals surface area contributed by atoms with Gasteiger partial charge in [-0.15, -0.1) is 0 Å². The van der Waals surface area contributed by atoms with Gasteiger partial charge in [-0.2, -0.15) is 0 Å². The number of nitrogens with zero attached hydrogens (tertiary/aromatic N) is 3. The van der Waals surface area contributed by atoms with Crippen LogP contribution in [0, 0.1) is 10.1 Å². The van der Waals surface area contributed by atoms with Crippen molar-refractivity contribution in [2.24, 2.45) is 0 Å². The van der Waals surface area contributed by atoms with Gasteiger partial charge in [0.25, 0.3) is 22.7 Å². The number of amides is 4. The summed E-state index contributed by atoms with van der Waals surface area (Å²) < 4.78 is 0. The first-order valence-corrected chi connectivity index (χ1v) is 9.89. The van der Waals surface area contributed by atoms with Crippen molar-refractivity contribution in [1.82, 2.24) is 9.80 Å². The maximum Gasteiger partial charge on any atom is 0.286 e. The molecule has 1 unspecified atom stereocenters. The van der Waals surface area contributed by atoms with E-state index in [0.717, 1.165) is 17.8 Å². The van der Waals surface area contributed by atoms with Crippen LogP contribution >= 0.6 is 11.8 Å². The lowest BCUT2D eigenvalue weighted by atomic mass is 10.1. The Hall–Kier alpha value is -3.73. The van der Waals surface area contributed by atoms with Crippen molar-refractivity contribution in [3.05, 3.63) is 63.7 Å². The molecule has 1 heterocycles. The Bertz CT molecular complexity index is 1120. The predicted molar refractivity (Wildman–Crippen MR) is 113 cm³/mol. The molecule has 4 amide bonds. The van der Waals surface area contributed by atoms with Crippen molar-refractivity contribution in [3.63, 3.8) is 0 Å². The van der Waals surface area contributed by atoms with Crippen molar-refractivity contribution >= 4 is 46.1 Å². The number of fused-ring (bicyclic) bond motifs is 1. The number of anilines is 1. The van der Waals surface area contributed by atoms with Crippen molar-refractivity contribution in [1.29, 1.82) is 0 Å². The lowest BCUT2D eigenvalue weighted by Gasteiger charge is -2.22. The molecule has 1 aliphatic rings. The third-order valence-electron chi connectivity index (χ3n) is 4.60. The molecule has 0 bridgehead atoms. The van der Waals surface area contributed by atoms with Crippen LogP contribution in [0.25, 0.3) is 0 Å². The summed E-state index contributed by atoms with van der Waals surface area (Å²) in [5.41, 5.74) is -0.604. The molecule has 0 spiro atoms. The number of thioether (sulfide) groups is 1. The van der Waals surface area contributed by atoms with Crippen LogP contribution in [0.4, 0.5) is 16.2 Å². The fraction of sp³-hybridized carbons (Fsp3) is 0.200. The van der Waals surface area contributed by atoms with Gasteiger partial charge in [-0.05, 0) is 36.9 Å². The standard InChI is InChI=1S/C20H18N4O6S/c1-11(17(25)21-13-8-4-5-10-15(13)31-20(28)22(2)3)23-18(26)12-7-6-9-14(24(29)30)16(12)19(23)27/h4-11H,1-3H3,(H,21,25). The second kappa shape index (κ2) is 8.56. The number of carbonyl (C=O) groups is 4. The molecule has 2 aromatic carbocycles. The van der Waals surface area contributed by atoms with Crippen LogP contribution < -0.4 is 5.32 Å². The minimum absolute atomic E-state index is 0.119. The summed E-state index contributed by atoms with van der Waals surface area (Å²) in [5, 5.41) is 13.6. The summed E-state index contributed by atoms with van der Waals surface area (Å²) in [7, 11) is 3.19. The third kappa shape index (κ3) is 4.12. The van der Waals surface area contributed by atoms with E-state index in [4.69, 9.17) is 0 Å². The average Bonchev–Trinajstić information content (AvgIpc) is 2.99. The Morgan fingerprint density at radius 2 is 1.77 bits per heavy atom. The Labute approximate surface area is 181 Å². The molecule has 1 aliphatic heterocycles. The number of nitro groups is 1. The van der Waals surface area contributed by atoms with Gasteiger partial charge in [-0.3, -0.25) is 34.2 Å². The zero-order chi connectivity index (χ0) is 22.9. The van der Waals surface area contributed by atoms with E-state index in [1.54, 1.807) is 38.4 Å². The number of hydrogen-bond donors (Lipinski definition) is 1. The van der Waals surface area contributed by atoms with Crippen molar-refractivity contribution in [2.45, 2.75) is 17.9 Å². The summed E-state index contributed by atoms with van der Waals surface area (Å²) in [6.07, 6.45) is 0. The first kappa shape index (κ1) is 22.0. The molecule has 0 saturated heterocycles. The number of imide groups is 1. The highest BCUT2D eigenvalue weighted by Gasteiger charge is 2.44. The number of rotatable bonds is 5. The van der Waals surface area contributed by atoms with E-state index in [2.05, 4.69) is 5.32 Å². The lowest BCUT2D eigenvalue weighted by molar-refractivity contribution is -0.385. The molecule has 2 aromatic rings. The summed E-state index contributed by atoms with van der Waals surface area (Å²) in [4.78, 5) is 63.4. The first-order valence-electron chi connectivity index (χ1n) is 9.07. The molecule has 1 N–H and O–H groups in total. The number of nitrogens with one attached hydrogen (secondary N) is 1. The van der Waals surface area contributed by atoms with E-state index < -0.39 is 34.4 Å². The monoisotopic (exact) mass is 442 g/mol. The fourth-order valence-electron chi connectivity index (χ4n) is 2.99. The summed E-state index contributed by atoms with van der Waals surface area (Å²) in [6.45, 7) is 1.35. The highest BCUT2D eigenvalue weighted by molar-refractivity contribution is 8.13. The highest BCUT2D eigenvalue weighted by Crippen LogP contribution is 2.33. The summed E-state index contributed by atoms with van der Waals surface area (Å²) in [5.74, 6) is -2.36. The Morgan fingerprint density at radius 1 is 1.10 bits per heavy atom. The zero-order valence-corrected chi connectivity index (χ0v) is 17.6. The quantitative estimate of drug-likeness (QED) is 0.326. The fourth-order valence-corrected chi connectivity index (χ4v) is 3.73. The molecule has 0 aromatic heterocycles. The number of para-hydroxylation sites is 1. The van der Waals surface area contributed by atoms with Crippen LogP contribution in [0.1, 0.15) is 27.6 Å². The molecule has 1 atom stereocenters. The van der Waals surface area contributed by atoms with E-state index in [1.165, 1.54) is 24.0 Å². The molecule has 0 fully saturated rings. The largest absolute Gasteiger partial charge is 0.339 e. The molecule has 31 heavy (non-hydrogen) atoms. The zero-order valence-electron chi connectivity index (χ0n) is 16.8. The van der Waals surface area contributed by atoms with E-state index in [-0.39, 0.29) is 16.4 Å². The molecule has 160 valence electrons. The van der Waals surface area contributed by atoms with Crippen LogP contribution in [0.5, 0.6) is 0 Å². The van der Waals surface area contributed by atoms with Crippen LogP contribution in [-0.2, 0) is 4.79 Å². The normalized spacial score (nSPS) is 13.6. The van der Waals surface area contributed by atoms with Crippen molar-refractivity contribution < 1.29 is 24.1 Å². The molecular formula is C20H18N4O6S. The third-order valence-corrected chi connectivity index (χ3v) is 5.71. The molecule has 0 aliphatic carbocycles. The minimum atomic E-state index is -1.24. The van der Waals surface area contributed by atoms with Gasteiger partial charge in [0.15, 0.2) is 0 Å². The Kier molecular flexibility index (Phi) is 6.07. The highest BCUT2D eigenvalue weighted by atomic mass is 32.2. The van der Waals surface area contributed by atoms with Crippen LogP contribution in [-0.4, -0.2) is 57.8 Å². The second-order valence-corrected chi connectivity index (χ2v) is 7.85. The predicted octanol–water partition coefficient (Wildman–Crippen LogP) is 2.99. The maximum atomic E-state index is 12.8. The van der Waals surface area contributed by atoms with Crippen LogP contribution in [0.3, 0.4) is 0 Å². The van der Waals surface area contributed by atoms with Gasteiger partial charge in [-0.1, -0.05) is 18.2 Å². The Morgan fingerprint density at radius 3 is 2.42 bits per heavy atom. The minimum Gasteiger partial charge on any atom is -0.339 e. The van der Waals surface area contributed by atoms with Gasteiger partial charge in [-0.25, -0.2) is 0 Å². The first-order chi connectivity index (χ1) is 14.6. The van der Waals surface area contributed by atoms with Crippen molar-refractivity contribution in [2.75, 3.05) is 19.4 Å². The maximum absolute atomic E-state index is 12.8. The summed E-state index contributed by atoms with van der Waals surface area (Å²) in [6, 6.07) is 9.12. The molecule has 3 rings (SSSR count).